The monoisotopic (exact) mass is 304 g/mol. The number of likely N-dealkylation sites (N-methyl/N-ethyl adjacent to an activating group) is 1. The molecular formula is C12H20N2O3S2. The highest BCUT2D eigenvalue weighted by atomic mass is 32.2. The van der Waals surface area contributed by atoms with E-state index in [1.54, 1.807) is 10.4 Å². The third-order valence-corrected chi connectivity index (χ3v) is 7.19. The largest absolute Gasteiger partial charge is 0.391 e. The third-order valence-electron chi connectivity index (χ3n) is 3.66. The van der Waals surface area contributed by atoms with Crippen LogP contribution in [0.15, 0.2) is 10.3 Å². The first-order chi connectivity index (χ1) is 8.86. The van der Waals surface area contributed by atoms with Gasteiger partial charge in [-0.05, 0) is 32.5 Å². The van der Waals surface area contributed by atoms with Crippen LogP contribution in [0.3, 0.4) is 0 Å². The molecule has 2 heterocycles. The van der Waals surface area contributed by atoms with Crippen molar-refractivity contribution < 1.29 is 13.5 Å². The number of sulfonamides is 1. The SMILES string of the molecule is Cc1cc(S(=O)(=O)N2CCN(C)C(C)C2)sc1CO. The Balaban J connectivity index is 2.27. The van der Waals surface area contributed by atoms with Crippen LogP contribution in [-0.2, 0) is 16.6 Å². The number of piperazine rings is 1. The zero-order valence-electron chi connectivity index (χ0n) is 11.5. The van der Waals surface area contributed by atoms with E-state index in [9.17, 15) is 13.5 Å². The van der Waals surface area contributed by atoms with Crippen LogP contribution >= 0.6 is 11.3 Å². The van der Waals surface area contributed by atoms with Crippen molar-refractivity contribution in [3.05, 3.63) is 16.5 Å². The van der Waals surface area contributed by atoms with Gasteiger partial charge in [0.1, 0.15) is 4.21 Å². The molecule has 7 heteroatoms. The number of nitrogens with zero attached hydrogens (tertiary/aromatic N) is 2. The molecular weight excluding hydrogens is 284 g/mol. The molecule has 1 aromatic heterocycles. The van der Waals surface area contributed by atoms with E-state index in [1.807, 2.05) is 20.9 Å². The topological polar surface area (TPSA) is 60.9 Å². The highest BCUT2D eigenvalue weighted by Crippen LogP contribution is 2.29. The maximum Gasteiger partial charge on any atom is 0.252 e. The van der Waals surface area contributed by atoms with Crippen LogP contribution in [0.5, 0.6) is 0 Å². The van der Waals surface area contributed by atoms with Crippen molar-refractivity contribution in [1.29, 1.82) is 0 Å². The minimum absolute atomic E-state index is 0.106. The molecule has 0 aliphatic carbocycles. The zero-order valence-corrected chi connectivity index (χ0v) is 13.1. The molecule has 19 heavy (non-hydrogen) atoms. The Bertz CT molecular complexity index is 553. The summed E-state index contributed by atoms with van der Waals surface area (Å²) in [5, 5.41) is 9.18. The fourth-order valence-electron chi connectivity index (χ4n) is 2.13. The van der Waals surface area contributed by atoms with Crippen molar-refractivity contribution in [3.8, 4) is 0 Å². The van der Waals surface area contributed by atoms with Crippen molar-refractivity contribution in [2.75, 3.05) is 26.7 Å². The fourth-order valence-corrected chi connectivity index (χ4v) is 5.25. The van der Waals surface area contributed by atoms with Crippen LogP contribution in [0, 0.1) is 6.92 Å². The lowest BCUT2D eigenvalue weighted by molar-refractivity contribution is 0.160. The number of thiophene rings is 1. The van der Waals surface area contributed by atoms with Crippen LogP contribution in [0.2, 0.25) is 0 Å². The van der Waals surface area contributed by atoms with Crippen LogP contribution in [0.25, 0.3) is 0 Å². The van der Waals surface area contributed by atoms with Gasteiger partial charge in [0.2, 0.25) is 0 Å². The number of hydrogen-bond donors (Lipinski definition) is 1. The molecule has 0 aromatic carbocycles. The van der Waals surface area contributed by atoms with Crippen molar-refractivity contribution in [1.82, 2.24) is 9.21 Å². The predicted molar refractivity (Wildman–Crippen MR) is 75.8 cm³/mol. The molecule has 0 amide bonds. The highest BCUT2D eigenvalue weighted by Gasteiger charge is 2.32. The molecule has 1 aliphatic heterocycles. The molecule has 1 unspecified atom stereocenters. The Morgan fingerprint density at radius 1 is 1.47 bits per heavy atom. The number of rotatable bonds is 3. The zero-order chi connectivity index (χ0) is 14.2. The summed E-state index contributed by atoms with van der Waals surface area (Å²) in [5.41, 5.74) is 0.841. The van der Waals surface area contributed by atoms with Crippen LogP contribution < -0.4 is 0 Å². The quantitative estimate of drug-likeness (QED) is 0.900. The minimum Gasteiger partial charge on any atom is -0.391 e. The van der Waals surface area contributed by atoms with E-state index in [2.05, 4.69) is 4.90 Å². The first-order valence-corrected chi connectivity index (χ1v) is 8.52. The first-order valence-electron chi connectivity index (χ1n) is 6.27. The lowest BCUT2D eigenvalue weighted by atomic mass is 10.2. The third kappa shape index (κ3) is 2.85. The predicted octanol–water partition coefficient (Wildman–Crippen LogP) is 0.873. The van der Waals surface area contributed by atoms with Gasteiger partial charge in [-0.25, -0.2) is 8.42 Å². The van der Waals surface area contributed by atoms with Crippen LogP contribution in [0.4, 0.5) is 0 Å². The summed E-state index contributed by atoms with van der Waals surface area (Å²) < 4.78 is 27.0. The Morgan fingerprint density at radius 3 is 2.68 bits per heavy atom. The Labute approximate surface area is 118 Å². The van der Waals surface area contributed by atoms with Gasteiger partial charge in [0, 0.05) is 30.6 Å². The molecule has 1 N–H and O–H groups in total. The Hall–Kier alpha value is -0.470. The molecule has 0 radical (unpaired) electrons. The van der Waals surface area contributed by atoms with Crippen molar-refractivity contribution in [3.63, 3.8) is 0 Å². The molecule has 0 spiro atoms. The molecule has 1 saturated heterocycles. The van der Waals surface area contributed by atoms with E-state index in [0.717, 1.165) is 17.0 Å². The molecule has 1 fully saturated rings. The standard InChI is InChI=1S/C12H20N2O3S2/c1-9-6-12(18-11(9)8-15)19(16,17)14-5-4-13(3)10(2)7-14/h6,10,15H,4-5,7-8H2,1-3H3. The molecule has 1 aliphatic rings. The van der Waals surface area contributed by atoms with Gasteiger partial charge in [0.15, 0.2) is 0 Å². The summed E-state index contributed by atoms with van der Waals surface area (Å²) in [6, 6.07) is 1.89. The first kappa shape index (κ1) is 14.9. The summed E-state index contributed by atoms with van der Waals surface area (Å²) >= 11 is 1.17. The molecule has 1 atom stereocenters. The van der Waals surface area contributed by atoms with E-state index < -0.39 is 10.0 Å². The van der Waals surface area contributed by atoms with Gasteiger partial charge in [0.05, 0.1) is 6.61 Å². The summed E-state index contributed by atoms with van der Waals surface area (Å²) in [7, 11) is -1.41. The average Bonchev–Trinajstić information content (AvgIpc) is 2.74. The minimum atomic E-state index is -3.42. The molecule has 1 aromatic rings. The van der Waals surface area contributed by atoms with E-state index in [1.165, 1.54) is 11.3 Å². The van der Waals surface area contributed by atoms with E-state index in [4.69, 9.17) is 0 Å². The lowest BCUT2D eigenvalue weighted by Crippen LogP contribution is -2.51. The Kier molecular flexibility index (Phi) is 4.32. The molecule has 0 bridgehead atoms. The van der Waals surface area contributed by atoms with Gasteiger partial charge in [-0.15, -0.1) is 11.3 Å². The van der Waals surface area contributed by atoms with Crippen molar-refractivity contribution >= 4 is 21.4 Å². The van der Waals surface area contributed by atoms with E-state index in [-0.39, 0.29) is 12.6 Å². The number of hydrogen-bond acceptors (Lipinski definition) is 5. The number of aryl methyl sites for hydroxylation is 1. The van der Waals surface area contributed by atoms with Crippen LogP contribution in [-0.4, -0.2) is 55.5 Å². The van der Waals surface area contributed by atoms with Crippen molar-refractivity contribution in [2.24, 2.45) is 0 Å². The number of aliphatic hydroxyl groups excluding tert-OH is 1. The smallest absolute Gasteiger partial charge is 0.252 e. The maximum absolute atomic E-state index is 12.6. The van der Waals surface area contributed by atoms with Gasteiger partial charge >= 0.3 is 0 Å². The molecule has 2 rings (SSSR count). The van der Waals surface area contributed by atoms with Crippen LogP contribution in [0.1, 0.15) is 17.4 Å². The fraction of sp³-hybridized carbons (Fsp3) is 0.667. The summed E-state index contributed by atoms with van der Waals surface area (Å²) in [6.45, 7) is 5.54. The highest BCUT2D eigenvalue weighted by molar-refractivity contribution is 7.91. The van der Waals surface area contributed by atoms with E-state index >= 15 is 0 Å². The number of aliphatic hydroxyl groups is 1. The molecule has 108 valence electrons. The Morgan fingerprint density at radius 2 is 2.16 bits per heavy atom. The average molecular weight is 304 g/mol. The maximum atomic E-state index is 12.6. The van der Waals surface area contributed by atoms with Gasteiger partial charge in [0.25, 0.3) is 10.0 Å². The summed E-state index contributed by atoms with van der Waals surface area (Å²) in [6.07, 6.45) is 0. The van der Waals surface area contributed by atoms with Gasteiger partial charge in [-0.3, -0.25) is 0 Å². The van der Waals surface area contributed by atoms with Gasteiger partial charge < -0.3 is 10.0 Å². The second kappa shape index (κ2) is 5.49. The van der Waals surface area contributed by atoms with Crippen molar-refractivity contribution in [2.45, 2.75) is 30.7 Å². The molecule has 5 nitrogen and oxygen atoms in total. The lowest BCUT2D eigenvalue weighted by Gasteiger charge is -2.36. The van der Waals surface area contributed by atoms with E-state index in [0.29, 0.717) is 17.3 Å². The second-order valence-corrected chi connectivity index (χ2v) is 8.32. The normalized spacial score (nSPS) is 22.8. The molecule has 0 saturated carbocycles. The summed E-state index contributed by atoms with van der Waals surface area (Å²) in [5.74, 6) is 0. The van der Waals surface area contributed by atoms with Gasteiger partial charge in [-0.2, -0.15) is 4.31 Å². The second-order valence-electron chi connectivity index (χ2n) is 5.02. The summed E-state index contributed by atoms with van der Waals surface area (Å²) in [4.78, 5) is 2.88. The van der Waals surface area contributed by atoms with Gasteiger partial charge in [-0.1, -0.05) is 0 Å².